The Labute approximate surface area is 125 Å². The number of carbonyl (C=O) groups is 2. The standard InChI is InChI=1S/C13H10N2O6S/c16-12(17)8-4-5-9(13(18)19)10(7-8)15-22(20,21)11-3-1-2-6-14-11/h1-7,15H,(H,16,17)(H,18,19). The molecule has 0 atom stereocenters. The molecule has 0 aliphatic rings. The second-order valence-corrected chi connectivity index (χ2v) is 5.77. The van der Waals surface area contributed by atoms with Gasteiger partial charge in [0.2, 0.25) is 0 Å². The first kappa shape index (κ1) is 15.4. The lowest BCUT2D eigenvalue weighted by Crippen LogP contribution is -2.17. The maximum Gasteiger partial charge on any atom is 0.337 e. The van der Waals surface area contributed by atoms with Gasteiger partial charge >= 0.3 is 11.9 Å². The summed E-state index contributed by atoms with van der Waals surface area (Å²) in [7, 11) is -4.13. The number of sulfonamides is 1. The molecule has 0 saturated heterocycles. The van der Waals surface area contributed by atoms with Crippen LogP contribution in [0.1, 0.15) is 20.7 Å². The molecule has 22 heavy (non-hydrogen) atoms. The van der Waals surface area contributed by atoms with Gasteiger partial charge in [-0.15, -0.1) is 0 Å². The van der Waals surface area contributed by atoms with Crippen LogP contribution >= 0.6 is 0 Å². The molecule has 0 radical (unpaired) electrons. The van der Waals surface area contributed by atoms with E-state index in [0.717, 1.165) is 18.2 Å². The maximum absolute atomic E-state index is 12.1. The molecule has 114 valence electrons. The molecule has 0 aliphatic heterocycles. The number of hydrogen-bond acceptors (Lipinski definition) is 5. The summed E-state index contributed by atoms with van der Waals surface area (Å²) >= 11 is 0. The Balaban J connectivity index is 2.50. The van der Waals surface area contributed by atoms with Crippen LogP contribution in [-0.2, 0) is 10.0 Å². The van der Waals surface area contributed by atoms with E-state index < -0.39 is 22.0 Å². The maximum atomic E-state index is 12.1. The van der Waals surface area contributed by atoms with Crippen LogP contribution in [0.4, 0.5) is 5.69 Å². The minimum atomic E-state index is -4.13. The highest BCUT2D eigenvalue weighted by atomic mass is 32.2. The second-order valence-electron chi connectivity index (χ2n) is 4.14. The molecule has 1 heterocycles. The average Bonchev–Trinajstić information content (AvgIpc) is 2.47. The number of nitrogens with one attached hydrogen (secondary N) is 1. The van der Waals surface area contributed by atoms with Crippen molar-refractivity contribution < 1.29 is 28.2 Å². The molecule has 8 nitrogen and oxygen atoms in total. The Morgan fingerprint density at radius 2 is 1.77 bits per heavy atom. The van der Waals surface area contributed by atoms with Crippen molar-refractivity contribution in [2.45, 2.75) is 5.03 Å². The average molecular weight is 322 g/mol. The molecule has 9 heteroatoms. The highest BCUT2D eigenvalue weighted by molar-refractivity contribution is 7.92. The van der Waals surface area contributed by atoms with Gasteiger partial charge in [-0.3, -0.25) is 4.72 Å². The highest BCUT2D eigenvalue weighted by Gasteiger charge is 2.20. The Hall–Kier alpha value is -2.94. The largest absolute Gasteiger partial charge is 0.478 e. The van der Waals surface area contributed by atoms with Crippen molar-refractivity contribution in [2.24, 2.45) is 0 Å². The SMILES string of the molecule is O=C(O)c1ccc(C(=O)O)c(NS(=O)(=O)c2ccccn2)c1. The van der Waals surface area contributed by atoms with Crippen molar-refractivity contribution in [1.29, 1.82) is 0 Å². The summed E-state index contributed by atoms with van der Waals surface area (Å²) in [6.45, 7) is 0. The second kappa shape index (κ2) is 5.82. The Morgan fingerprint density at radius 1 is 1.05 bits per heavy atom. The van der Waals surface area contributed by atoms with Crippen LogP contribution in [0.2, 0.25) is 0 Å². The van der Waals surface area contributed by atoms with Crippen LogP contribution in [0, 0.1) is 0 Å². The first-order chi connectivity index (χ1) is 10.3. The lowest BCUT2D eigenvalue weighted by Gasteiger charge is -2.10. The van der Waals surface area contributed by atoms with Gasteiger partial charge in [0, 0.05) is 6.20 Å². The van der Waals surface area contributed by atoms with Gasteiger partial charge in [0.05, 0.1) is 16.8 Å². The van der Waals surface area contributed by atoms with E-state index in [2.05, 4.69) is 4.98 Å². The third-order valence-electron chi connectivity index (χ3n) is 2.65. The Morgan fingerprint density at radius 3 is 2.32 bits per heavy atom. The first-order valence-electron chi connectivity index (χ1n) is 5.86. The molecule has 0 aliphatic carbocycles. The predicted molar refractivity (Wildman–Crippen MR) is 75.4 cm³/mol. The summed E-state index contributed by atoms with van der Waals surface area (Å²) < 4.78 is 26.3. The summed E-state index contributed by atoms with van der Waals surface area (Å²) in [5.74, 6) is -2.70. The van der Waals surface area contributed by atoms with Crippen LogP contribution in [-0.4, -0.2) is 35.6 Å². The Bertz CT molecular complexity index is 833. The van der Waals surface area contributed by atoms with Crippen LogP contribution in [0.5, 0.6) is 0 Å². The number of benzene rings is 1. The molecule has 1 aromatic heterocycles. The molecule has 0 amide bonds. The van der Waals surface area contributed by atoms with Crippen LogP contribution in [0.3, 0.4) is 0 Å². The van der Waals surface area contributed by atoms with Crippen molar-refractivity contribution >= 4 is 27.6 Å². The van der Waals surface area contributed by atoms with Crippen molar-refractivity contribution in [1.82, 2.24) is 4.98 Å². The molecule has 0 bridgehead atoms. The number of anilines is 1. The lowest BCUT2D eigenvalue weighted by molar-refractivity contribution is 0.0682. The van der Waals surface area contributed by atoms with Gasteiger partial charge in [0.15, 0.2) is 5.03 Å². The molecule has 2 rings (SSSR count). The van der Waals surface area contributed by atoms with Crippen molar-refractivity contribution in [2.75, 3.05) is 4.72 Å². The van der Waals surface area contributed by atoms with Crippen LogP contribution < -0.4 is 4.72 Å². The minimum Gasteiger partial charge on any atom is -0.478 e. The number of rotatable bonds is 5. The summed E-state index contributed by atoms with van der Waals surface area (Å²) in [6.07, 6.45) is 1.26. The van der Waals surface area contributed by atoms with Crippen LogP contribution in [0.25, 0.3) is 0 Å². The fourth-order valence-corrected chi connectivity index (χ4v) is 2.67. The Kier molecular flexibility index (Phi) is 4.08. The lowest BCUT2D eigenvalue weighted by atomic mass is 10.1. The van der Waals surface area contributed by atoms with E-state index >= 15 is 0 Å². The predicted octanol–water partition coefficient (Wildman–Crippen LogP) is 1.28. The van der Waals surface area contributed by atoms with Crippen molar-refractivity contribution in [3.8, 4) is 0 Å². The summed E-state index contributed by atoms with van der Waals surface area (Å²) in [4.78, 5) is 25.7. The zero-order valence-corrected chi connectivity index (χ0v) is 11.7. The van der Waals surface area contributed by atoms with Gasteiger partial charge in [0.25, 0.3) is 10.0 Å². The number of aromatic nitrogens is 1. The zero-order chi connectivity index (χ0) is 16.3. The van der Waals surface area contributed by atoms with Crippen molar-refractivity contribution in [3.05, 3.63) is 53.7 Å². The third-order valence-corrected chi connectivity index (χ3v) is 3.94. The fraction of sp³-hybridized carbons (Fsp3) is 0. The quantitative estimate of drug-likeness (QED) is 0.754. The van der Waals surface area contributed by atoms with Crippen molar-refractivity contribution in [3.63, 3.8) is 0 Å². The monoisotopic (exact) mass is 322 g/mol. The van der Waals surface area contributed by atoms with E-state index in [1.165, 1.54) is 24.4 Å². The van der Waals surface area contributed by atoms with Gasteiger partial charge < -0.3 is 10.2 Å². The van der Waals surface area contributed by atoms with E-state index in [0.29, 0.717) is 0 Å². The number of carboxylic acids is 2. The molecule has 1 aromatic carbocycles. The summed E-state index contributed by atoms with van der Waals surface area (Å²) in [5.41, 5.74) is -0.966. The zero-order valence-electron chi connectivity index (χ0n) is 10.9. The fourth-order valence-electron chi connectivity index (χ4n) is 1.65. The van der Waals surface area contributed by atoms with Gasteiger partial charge in [-0.05, 0) is 30.3 Å². The first-order valence-corrected chi connectivity index (χ1v) is 7.34. The number of pyridine rings is 1. The van der Waals surface area contributed by atoms with E-state index in [1.807, 2.05) is 4.72 Å². The molecule has 0 fully saturated rings. The topological polar surface area (TPSA) is 134 Å². The third kappa shape index (κ3) is 3.20. The molecule has 0 saturated carbocycles. The molecule has 0 unspecified atom stereocenters. The van der Waals surface area contributed by atoms with E-state index in [1.54, 1.807) is 0 Å². The van der Waals surface area contributed by atoms with E-state index in [9.17, 15) is 18.0 Å². The normalized spacial score (nSPS) is 10.9. The van der Waals surface area contributed by atoms with Gasteiger partial charge in [-0.1, -0.05) is 6.07 Å². The molecule has 2 aromatic rings. The number of aromatic carboxylic acids is 2. The van der Waals surface area contributed by atoms with Gasteiger partial charge in [0.1, 0.15) is 0 Å². The van der Waals surface area contributed by atoms with Gasteiger partial charge in [-0.25, -0.2) is 14.6 Å². The number of hydrogen-bond donors (Lipinski definition) is 3. The van der Waals surface area contributed by atoms with E-state index in [4.69, 9.17) is 10.2 Å². The van der Waals surface area contributed by atoms with Gasteiger partial charge in [-0.2, -0.15) is 8.42 Å². The summed E-state index contributed by atoms with van der Waals surface area (Å²) in [6, 6.07) is 7.22. The molecular formula is C13H10N2O6S. The number of nitrogens with zero attached hydrogens (tertiary/aromatic N) is 1. The minimum absolute atomic E-state index is 0.247. The highest BCUT2D eigenvalue weighted by Crippen LogP contribution is 2.21. The summed E-state index contributed by atoms with van der Waals surface area (Å²) in [5, 5.41) is 17.7. The molecule has 3 N–H and O–H groups in total. The number of carboxylic acid groups (broad SMARTS) is 2. The molecular weight excluding hydrogens is 312 g/mol. The van der Waals surface area contributed by atoms with Crippen LogP contribution in [0.15, 0.2) is 47.6 Å². The smallest absolute Gasteiger partial charge is 0.337 e. The van der Waals surface area contributed by atoms with E-state index in [-0.39, 0.29) is 21.8 Å². The molecule has 0 spiro atoms.